The molecule has 1 unspecified atom stereocenters. The molecule has 0 spiro atoms. The zero-order chi connectivity index (χ0) is 14.0. The number of hydrogen-bond donors (Lipinski definition) is 1. The second-order valence-corrected chi connectivity index (χ2v) is 5.91. The van der Waals surface area contributed by atoms with Crippen LogP contribution in [0.2, 0.25) is 0 Å². The van der Waals surface area contributed by atoms with Crippen LogP contribution in [0.25, 0.3) is 0 Å². The van der Waals surface area contributed by atoms with Gasteiger partial charge in [0.1, 0.15) is 11.4 Å². The maximum Gasteiger partial charge on any atom is 0.339 e. The minimum Gasteiger partial charge on any atom is -0.478 e. The first-order valence-corrected chi connectivity index (χ1v) is 7.08. The van der Waals surface area contributed by atoms with E-state index in [-0.39, 0.29) is 5.56 Å². The number of hydrogen-bond acceptors (Lipinski definition) is 4. The highest BCUT2D eigenvalue weighted by Crippen LogP contribution is 2.25. The number of piperidine rings is 1. The summed E-state index contributed by atoms with van der Waals surface area (Å²) >= 11 is 3.27. The Balaban J connectivity index is 2.27. The van der Waals surface area contributed by atoms with Crippen molar-refractivity contribution in [2.45, 2.75) is 18.9 Å². The summed E-state index contributed by atoms with van der Waals surface area (Å²) in [6, 6.07) is 1.92. The number of anilines is 1. The van der Waals surface area contributed by atoms with Crippen molar-refractivity contribution >= 4 is 27.7 Å². The fourth-order valence-electron chi connectivity index (χ4n) is 2.50. The molecule has 19 heavy (non-hydrogen) atoms. The van der Waals surface area contributed by atoms with Gasteiger partial charge in [-0.2, -0.15) is 0 Å². The SMILES string of the molecule is CN1CCCC(N(C)c2ncc(Br)cc2C(=O)O)C1. The summed E-state index contributed by atoms with van der Waals surface area (Å²) in [6.07, 6.45) is 3.84. The van der Waals surface area contributed by atoms with Crippen LogP contribution in [-0.4, -0.2) is 54.2 Å². The van der Waals surface area contributed by atoms with Gasteiger partial charge in [-0.25, -0.2) is 9.78 Å². The molecule has 1 fully saturated rings. The molecule has 6 heteroatoms. The highest BCUT2D eigenvalue weighted by molar-refractivity contribution is 9.10. The number of carboxylic acids is 1. The van der Waals surface area contributed by atoms with Crippen LogP contribution in [0.4, 0.5) is 5.82 Å². The molecule has 0 bridgehead atoms. The van der Waals surface area contributed by atoms with Gasteiger partial charge >= 0.3 is 5.97 Å². The summed E-state index contributed by atoms with van der Waals surface area (Å²) in [5, 5.41) is 9.29. The van der Waals surface area contributed by atoms with Crippen LogP contribution >= 0.6 is 15.9 Å². The third-order valence-corrected chi connectivity index (χ3v) is 3.98. The number of likely N-dealkylation sites (N-methyl/N-ethyl adjacent to an activating group) is 2. The number of likely N-dealkylation sites (tertiary alicyclic amines) is 1. The van der Waals surface area contributed by atoms with Crippen molar-refractivity contribution in [3.05, 3.63) is 22.3 Å². The summed E-state index contributed by atoms with van der Waals surface area (Å²) in [5.74, 6) is -0.407. The molecule has 0 saturated carbocycles. The van der Waals surface area contributed by atoms with Crippen LogP contribution in [0.3, 0.4) is 0 Å². The third-order valence-electron chi connectivity index (χ3n) is 3.55. The molecule has 1 saturated heterocycles. The molecular formula is C13H18BrN3O2. The summed E-state index contributed by atoms with van der Waals surface area (Å²) in [6.45, 7) is 2.04. The molecule has 5 nitrogen and oxygen atoms in total. The first kappa shape index (κ1) is 14.3. The zero-order valence-corrected chi connectivity index (χ0v) is 12.7. The Bertz CT molecular complexity index is 481. The van der Waals surface area contributed by atoms with Gasteiger partial charge in [-0.05, 0) is 48.4 Å². The molecule has 1 aliphatic rings. The summed E-state index contributed by atoms with van der Waals surface area (Å²) in [4.78, 5) is 19.9. The molecule has 1 atom stereocenters. The maximum absolute atomic E-state index is 11.3. The lowest BCUT2D eigenvalue weighted by atomic mass is 10.0. The molecule has 2 heterocycles. The van der Waals surface area contributed by atoms with E-state index in [2.05, 4.69) is 32.9 Å². The van der Waals surface area contributed by atoms with E-state index in [1.54, 1.807) is 12.3 Å². The Morgan fingerprint density at radius 1 is 1.63 bits per heavy atom. The van der Waals surface area contributed by atoms with Gasteiger partial charge in [0.2, 0.25) is 0 Å². The number of aromatic nitrogens is 1. The number of halogens is 1. The van der Waals surface area contributed by atoms with Crippen LogP contribution in [-0.2, 0) is 0 Å². The molecular weight excluding hydrogens is 310 g/mol. The predicted octanol–water partition coefficient (Wildman–Crippen LogP) is 2.07. The van der Waals surface area contributed by atoms with Crippen molar-refractivity contribution < 1.29 is 9.90 Å². The molecule has 0 amide bonds. The Morgan fingerprint density at radius 3 is 3.00 bits per heavy atom. The van der Waals surface area contributed by atoms with Crippen molar-refractivity contribution in [2.75, 3.05) is 32.1 Å². The van der Waals surface area contributed by atoms with E-state index in [9.17, 15) is 9.90 Å². The second kappa shape index (κ2) is 5.88. The van der Waals surface area contributed by atoms with Gasteiger partial charge in [0.15, 0.2) is 0 Å². The maximum atomic E-state index is 11.3. The van der Waals surface area contributed by atoms with E-state index >= 15 is 0 Å². The van der Waals surface area contributed by atoms with Gasteiger partial charge in [-0.15, -0.1) is 0 Å². The Hall–Kier alpha value is -1.14. The largest absolute Gasteiger partial charge is 0.478 e. The average Bonchev–Trinajstić information content (AvgIpc) is 2.37. The molecule has 1 aromatic rings. The fraction of sp³-hybridized carbons (Fsp3) is 0.538. The van der Waals surface area contributed by atoms with Gasteiger partial charge in [0.25, 0.3) is 0 Å². The molecule has 1 N–H and O–H groups in total. The van der Waals surface area contributed by atoms with Gasteiger partial charge in [0.05, 0.1) is 0 Å². The predicted molar refractivity (Wildman–Crippen MR) is 77.8 cm³/mol. The number of aromatic carboxylic acids is 1. The van der Waals surface area contributed by atoms with Crippen LogP contribution in [0.5, 0.6) is 0 Å². The van der Waals surface area contributed by atoms with Crippen LogP contribution in [0, 0.1) is 0 Å². The summed E-state index contributed by atoms with van der Waals surface area (Å²) in [7, 11) is 4.01. The molecule has 0 aromatic carbocycles. The highest BCUT2D eigenvalue weighted by Gasteiger charge is 2.25. The van der Waals surface area contributed by atoms with E-state index in [4.69, 9.17) is 0 Å². The van der Waals surface area contributed by atoms with Gasteiger partial charge in [-0.3, -0.25) is 0 Å². The van der Waals surface area contributed by atoms with Crippen LogP contribution in [0.15, 0.2) is 16.7 Å². The lowest BCUT2D eigenvalue weighted by molar-refractivity contribution is 0.0697. The third kappa shape index (κ3) is 3.25. The van der Waals surface area contributed by atoms with E-state index < -0.39 is 5.97 Å². The molecule has 0 radical (unpaired) electrons. The van der Waals surface area contributed by atoms with Gasteiger partial charge in [-0.1, -0.05) is 0 Å². The number of carbonyl (C=O) groups is 1. The normalized spacial score (nSPS) is 20.3. The zero-order valence-electron chi connectivity index (χ0n) is 11.1. The molecule has 2 rings (SSSR count). The van der Waals surface area contributed by atoms with E-state index in [1.165, 1.54) is 0 Å². The minimum absolute atomic E-state index is 0.241. The average molecular weight is 328 g/mol. The minimum atomic E-state index is -0.945. The number of carboxylic acid groups (broad SMARTS) is 1. The smallest absolute Gasteiger partial charge is 0.339 e. The Morgan fingerprint density at radius 2 is 2.37 bits per heavy atom. The van der Waals surface area contributed by atoms with E-state index in [0.29, 0.717) is 16.3 Å². The van der Waals surface area contributed by atoms with Crippen molar-refractivity contribution in [2.24, 2.45) is 0 Å². The fourth-order valence-corrected chi connectivity index (χ4v) is 2.83. The van der Waals surface area contributed by atoms with Crippen molar-refractivity contribution in [1.82, 2.24) is 9.88 Å². The van der Waals surface area contributed by atoms with Gasteiger partial charge in [0, 0.05) is 30.3 Å². The highest BCUT2D eigenvalue weighted by atomic mass is 79.9. The standard InChI is InChI=1S/C13H18BrN3O2/c1-16-5-3-4-10(8-16)17(2)12-11(13(18)19)6-9(14)7-15-12/h6-7,10H,3-5,8H2,1-2H3,(H,18,19). The molecule has 1 aromatic heterocycles. The number of pyridine rings is 1. The topological polar surface area (TPSA) is 56.7 Å². The molecule has 0 aliphatic carbocycles. The van der Waals surface area contributed by atoms with E-state index in [0.717, 1.165) is 25.9 Å². The Labute approximate surface area is 121 Å². The summed E-state index contributed by atoms with van der Waals surface area (Å²) in [5.41, 5.74) is 0.241. The lowest BCUT2D eigenvalue weighted by Gasteiger charge is -2.36. The number of rotatable bonds is 3. The van der Waals surface area contributed by atoms with E-state index in [1.807, 2.05) is 11.9 Å². The summed E-state index contributed by atoms with van der Waals surface area (Å²) < 4.78 is 0.683. The number of nitrogens with zero attached hydrogens (tertiary/aromatic N) is 3. The lowest BCUT2D eigenvalue weighted by Crippen LogP contribution is -2.45. The molecule has 104 valence electrons. The first-order chi connectivity index (χ1) is 8.99. The second-order valence-electron chi connectivity index (χ2n) is 5.00. The van der Waals surface area contributed by atoms with Gasteiger partial charge < -0.3 is 14.9 Å². The van der Waals surface area contributed by atoms with Crippen LogP contribution in [0.1, 0.15) is 23.2 Å². The monoisotopic (exact) mass is 327 g/mol. The Kier molecular flexibility index (Phi) is 4.42. The van der Waals surface area contributed by atoms with Crippen molar-refractivity contribution in [1.29, 1.82) is 0 Å². The van der Waals surface area contributed by atoms with Crippen molar-refractivity contribution in [3.8, 4) is 0 Å². The van der Waals surface area contributed by atoms with Crippen LogP contribution < -0.4 is 4.90 Å². The molecule has 1 aliphatic heterocycles. The first-order valence-electron chi connectivity index (χ1n) is 6.29. The quantitative estimate of drug-likeness (QED) is 0.921. The van der Waals surface area contributed by atoms with Crippen molar-refractivity contribution in [3.63, 3.8) is 0 Å².